The van der Waals surface area contributed by atoms with Gasteiger partial charge in [0.1, 0.15) is 11.5 Å². The van der Waals surface area contributed by atoms with Crippen molar-refractivity contribution in [3.05, 3.63) is 51.9 Å². The molecule has 1 heterocycles. The molecule has 0 aliphatic rings. The van der Waals surface area contributed by atoms with Crippen molar-refractivity contribution in [2.45, 2.75) is 32.2 Å². The smallest absolute Gasteiger partial charge is 0.240 e. The Kier molecular flexibility index (Phi) is 4.22. The van der Waals surface area contributed by atoms with Crippen molar-refractivity contribution in [3.8, 4) is 0 Å². The molecule has 0 bridgehead atoms. The minimum absolute atomic E-state index is 0.158. The Hall–Kier alpha value is -1.30. The van der Waals surface area contributed by atoms with Crippen LogP contribution in [0.3, 0.4) is 0 Å². The molecule has 108 valence electrons. The van der Waals surface area contributed by atoms with Crippen molar-refractivity contribution >= 4 is 21.6 Å². The average molecular weight is 314 g/mol. The predicted molar refractivity (Wildman–Crippen MR) is 78.4 cm³/mol. The molecule has 6 heteroatoms. The van der Waals surface area contributed by atoms with Gasteiger partial charge in [0.15, 0.2) is 0 Å². The number of hydrogen-bond acceptors (Lipinski definition) is 3. The molecule has 1 N–H and O–H groups in total. The molecule has 1 aromatic heterocycles. The van der Waals surface area contributed by atoms with Crippen molar-refractivity contribution in [2.24, 2.45) is 0 Å². The van der Waals surface area contributed by atoms with E-state index >= 15 is 0 Å². The third-order valence-electron chi connectivity index (χ3n) is 3.05. The molecule has 2 rings (SSSR count). The Morgan fingerprint density at radius 1 is 1.20 bits per heavy atom. The molecule has 0 spiro atoms. The second-order valence-corrected chi connectivity index (χ2v) is 6.85. The lowest BCUT2D eigenvalue weighted by Crippen LogP contribution is -2.23. The zero-order valence-electron chi connectivity index (χ0n) is 11.5. The number of halogens is 1. The summed E-state index contributed by atoms with van der Waals surface area (Å²) in [6.07, 6.45) is 0. The predicted octanol–water partition coefficient (Wildman–Crippen LogP) is 3.34. The van der Waals surface area contributed by atoms with Crippen LogP contribution < -0.4 is 4.72 Å². The molecule has 0 amide bonds. The summed E-state index contributed by atoms with van der Waals surface area (Å²) in [4.78, 5) is 0.158. The quantitative estimate of drug-likeness (QED) is 0.941. The minimum Gasteiger partial charge on any atom is -0.466 e. The SMILES string of the molecule is Cc1cc(CNS(=O)(=O)c2ccc(C)c(Cl)c2)c(C)o1. The summed E-state index contributed by atoms with van der Waals surface area (Å²) in [6, 6.07) is 6.49. The highest BCUT2D eigenvalue weighted by Gasteiger charge is 2.16. The van der Waals surface area contributed by atoms with Gasteiger partial charge in [-0.25, -0.2) is 13.1 Å². The van der Waals surface area contributed by atoms with E-state index in [-0.39, 0.29) is 11.4 Å². The van der Waals surface area contributed by atoms with E-state index in [2.05, 4.69) is 4.72 Å². The molecule has 0 aliphatic heterocycles. The fraction of sp³-hybridized carbons (Fsp3) is 0.286. The van der Waals surface area contributed by atoms with Gasteiger partial charge in [-0.2, -0.15) is 0 Å². The molecule has 0 unspecified atom stereocenters. The highest BCUT2D eigenvalue weighted by Crippen LogP contribution is 2.20. The van der Waals surface area contributed by atoms with Crippen LogP contribution in [0.25, 0.3) is 0 Å². The third kappa shape index (κ3) is 3.23. The van der Waals surface area contributed by atoms with E-state index in [4.69, 9.17) is 16.0 Å². The number of furan rings is 1. The molecule has 4 nitrogen and oxygen atoms in total. The van der Waals surface area contributed by atoms with Crippen LogP contribution in [0.2, 0.25) is 5.02 Å². The van der Waals surface area contributed by atoms with Gasteiger partial charge in [0.2, 0.25) is 10.0 Å². The molecule has 0 atom stereocenters. The highest BCUT2D eigenvalue weighted by molar-refractivity contribution is 7.89. The van der Waals surface area contributed by atoms with Gasteiger partial charge in [-0.05, 0) is 44.5 Å². The van der Waals surface area contributed by atoms with Gasteiger partial charge in [0.25, 0.3) is 0 Å². The first-order valence-electron chi connectivity index (χ1n) is 6.11. The zero-order chi connectivity index (χ0) is 14.9. The topological polar surface area (TPSA) is 59.3 Å². The zero-order valence-corrected chi connectivity index (χ0v) is 13.1. The van der Waals surface area contributed by atoms with Crippen LogP contribution in [-0.4, -0.2) is 8.42 Å². The summed E-state index contributed by atoms with van der Waals surface area (Å²) in [5.74, 6) is 1.47. The number of benzene rings is 1. The van der Waals surface area contributed by atoms with Crippen molar-refractivity contribution in [2.75, 3.05) is 0 Å². The largest absolute Gasteiger partial charge is 0.466 e. The number of aryl methyl sites for hydroxylation is 3. The number of sulfonamides is 1. The second-order valence-electron chi connectivity index (χ2n) is 4.67. The first kappa shape index (κ1) is 15.1. The fourth-order valence-corrected chi connectivity index (χ4v) is 3.13. The van der Waals surface area contributed by atoms with Gasteiger partial charge in [0, 0.05) is 17.1 Å². The van der Waals surface area contributed by atoms with Crippen LogP contribution in [0, 0.1) is 20.8 Å². The van der Waals surface area contributed by atoms with E-state index in [1.807, 2.05) is 19.9 Å². The number of rotatable bonds is 4. The summed E-state index contributed by atoms with van der Waals surface area (Å²) in [6.45, 7) is 5.64. The third-order valence-corrected chi connectivity index (χ3v) is 4.86. The maximum Gasteiger partial charge on any atom is 0.240 e. The minimum atomic E-state index is -3.58. The van der Waals surface area contributed by atoms with Gasteiger partial charge >= 0.3 is 0 Å². The highest BCUT2D eigenvalue weighted by atomic mass is 35.5. The summed E-state index contributed by atoms with van der Waals surface area (Å²) in [5.41, 5.74) is 1.66. The van der Waals surface area contributed by atoms with E-state index in [0.29, 0.717) is 10.8 Å². The van der Waals surface area contributed by atoms with E-state index in [1.54, 1.807) is 13.0 Å². The van der Waals surface area contributed by atoms with E-state index < -0.39 is 10.0 Å². The molecule has 0 radical (unpaired) electrons. The van der Waals surface area contributed by atoms with E-state index in [1.165, 1.54) is 12.1 Å². The normalized spacial score (nSPS) is 11.8. The molecule has 0 saturated carbocycles. The second kappa shape index (κ2) is 5.60. The van der Waals surface area contributed by atoms with Crippen LogP contribution in [0.5, 0.6) is 0 Å². The van der Waals surface area contributed by atoms with Crippen LogP contribution >= 0.6 is 11.6 Å². The first-order chi connectivity index (χ1) is 9.29. The molecular weight excluding hydrogens is 298 g/mol. The number of nitrogens with one attached hydrogen (secondary N) is 1. The van der Waals surface area contributed by atoms with Crippen molar-refractivity contribution in [1.29, 1.82) is 0 Å². The average Bonchev–Trinajstić information content (AvgIpc) is 2.69. The molecular formula is C14H16ClNO3S. The summed E-state index contributed by atoms with van der Waals surface area (Å²) in [7, 11) is -3.58. The van der Waals surface area contributed by atoms with E-state index in [9.17, 15) is 8.42 Å². The Morgan fingerprint density at radius 2 is 1.90 bits per heavy atom. The first-order valence-corrected chi connectivity index (χ1v) is 7.97. The van der Waals surface area contributed by atoms with Gasteiger partial charge in [-0.3, -0.25) is 0 Å². The summed E-state index contributed by atoms with van der Waals surface area (Å²) >= 11 is 5.96. The van der Waals surface area contributed by atoms with Gasteiger partial charge < -0.3 is 4.42 Å². The summed E-state index contributed by atoms with van der Waals surface area (Å²) in [5, 5.41) is 0.434. The Labute approximate surface area is 123 Å². The van der Waals surface area contributed by atoms with Crippen LogP contribution in [-0.2, 0) is 16.6 Å². The van der Waals surface area contributed by atoms with Crippen LogP contribution in [0.15, 0.2) is 33.6 Å². The molecule has 20 heavy (non-hydrogen) atoms. The van der Waals surface area contributed by atoms with Crippen molar-refractivity contribution in [1.82, 2.24) is 4.72 Å². The monoisotopic (exact) mass is 313 g/mol. The molecule has 1 aromatic carbocycles. The Morgan fingerprint density at radius 3 is 2.45 bits per heavy atom. The maximum absolute atomic E-state index is 12.2. The lowest BCUT2D eigenvalue weighted by atomic mass is 10.2. The van der Waals surface area contributed by atoms with Gasteiger partial charge in [-0.1, -0.05) is 17.7 Å². The molecule has 0 aliphatic carbocycles. The molecule has 0 saturated heterocycles. The van der Waals surface area contributed by atoms with Crippen LogP contribution in [0.1, 0.15) is 22.6 Å². The number of hydrogen-bond donors (Lipinski definition) is 1. The van der Waals surface area contributed by atoms with Crippen LogP contribution in [0.4, 0.5) is 0 Å². The van der Waals surface area contributed by atoms with Crippen molar-refractivity contribution < 1.29 is 12.8 Å². The Bertz CT molecular complexity index is 735. The molecule has 2 aromatic rings. The maximum atomic E-state index is 12.2. The van der Waals surface area contributed by atoms with E-state index in [0.717, 1.165) is 16.9 Å². The van der Waals surface area contributed by atoms with Gasteiger partial charge in [-0.15, -0.1) is 0 Å². The fourth-order valence-electron chi connectivity index (χ4n) is 1.86. The standard InChI is InChI=1S/C14H16ClNO3S/c1-9-4-5-13(7-14(9)15)20(17,18)16-8-12-6-10(2)19-11(12)3/h4-7,16H,8H2,1-3H3. The molecule has 0 fully saturated rings. The lowest BCUT2D eigenvalue weighted by molar-refractivity contribution is 0.500. The summed E-state index contributed by atoms with van der Waals surface area (Å²) < 4.78 is 32.3. The Balaban J connectivity index is 2.19. The van der Waals surface area contributed by atoms with Gasteiger partial charge in [0.05, 0.1) is 4.90 Å². The lowest BCUT2D eigenvalue weighted by Gasteiger charge is -2.07. The van der Waals surface area contributed by atoms with Crippen molar-refractivity contribution in [3.63, 3.8) is 0 Å².